The van der Waals surface area contributed by atoms with Gasteiger partial charge in [0, 0.05) is 71.1 Å². The maximum absolute atomic E-state index is 13.1. The highest BCUT2D eigenvalue weighted by Crippen LogP contribution is 2.28. The molecule has 0 aromatic heterocycles. The molecular weight excluding hydrogens is 456 g/mol. The molecule has 4 rings (SSSR count). The third kappa shape index (κ3) is 5.30. The van der Waals surface area contributed by atoms with Crippen LogP contribution in [0.2, 0.25) is 0 Å². The van der Waals surface area contributed by atoms with Gasteiger partial charge in [-0.15, -0.1) is 0 Å². The quantitative estimate of drug-likeness (QED) is 0.545. The van der Waals surface area contributed by atoms with Crippen molar-refractivity contribution in [3.63, 3.8) is 0 Å². The third-order valence-electron chi connectivity index (χ3n) is 7.14. The number of carbonyl (C=O) groups excluding carboxylic acids is 2. The zero-order valence-electron chi connectivity index (χ0n) is 20.2. The van der Waals surface area contributed by atoms with Crippen LogP contribution in [0.25, 0.3) is 0 Å². The van der Waals surface area contributed by atoms with Gasteiger partial charge in [0.25, 0.3) is 0 Å². The fraction of sp³-hybridized carbons (Fsp3) is 0.667. The molecule has 2 amide bonds. The molecule has 34 heavy (non-hydrogen) atoms. The highest BCUT2D eigenvalue weighted by molar-refractivity contribution is 7.89. The number of benzene rings is 1. The molecule has 1 aromatic rings. The van der Waals surface area contributed by atoms with Crippen molar-refractivity contribution in [3.05, 3.63) is 24.3 Å². The van der Waals surface area contributed by atoms with Crippen molar-refractivity contribution in [2.75, 3.05) is 63.9 Å². The van der Waals surface area contributed by atoms with E-state index in [9.17, 15) is 18.0 Å². The number of rotatable bonds is 8. The molecule has 0 radical (unpaired) electrons. The minimum Gasteiger partial charge on any atom is -0.377 e. The smallest absolute Gasteiger partial charge is 0.243 e. The third-order valence-corrected chi connectivity index (χ3v) is 9.20. The molecule has 3 heterocycles. The second-order valence-electron chi connectivity index (χ2n) is 9.25. The molecule has 3 saturated heterocycles. The van der Waals surface area contributed by atoms with E-state index in [1.807, 2.05) is 4.90 Å². The Morgan fingerprint density at radius 2 is 1.76 bits per heavy atom. The van der Waals surface area contributed by atoms with Crippen LogP contribution in [0.15, 0.2) is 29.2 Å². The highest BCUT2D eigenvalue weighted by Gasteiger charge is 2.38. The lowest BCUT2D eigenvalue weighted by molar-refractivity contribution is -0.137. The topological polar surface area (TPSA) is 90.5 Å². The Bertz CT molecular complexity index is 966. The van der Waals surface area contributed by atoms with Gasteiger partial charge in [0.1, 0.15) is 0 Å². The molecule has 10 heteroatoms. The molecular formula is C24H36N4O5S. The van der Waals surface area contributed by atoms with Gasteiger partial charge in [0.15, 0.2) is 0 Å². The van der Waals surface area contributed by atoms with E-state index in [2.05, 4.69) is 4.90 Å². The Labute approximate surface area is 202 Å². The number of ether oxygens (including phenoxy) is 1. The first-order chi connectivity index (χ1) is 16.3. The van der Waals surface area contributed by atoms with Gasteiger partial charge in [0.05, 0.1) is 16.9 Å². The first kappa shape index (κ1) is 25.1. The average Bonchev–Trinajstić information content (AvgIpc) is 3.49. The molecule has 0 saturated carbocycles. The maximum atomic E-state index is 13.1. The van der Waals surface area contributed by atoms with Gasteiger partial charge in [0.2, 0.25) is 21.8 Å². The van der Waals surface area contributed by atoms with Crippen LogP contribution in [0.5, 0.6) is 0 Å². The Balaban J connectivity index is 1.33. The molecule has 1 aromatic carbocycles. The minimum absolute atomic E-state index is 0.0355. The van der Waals surface area contributed by atoms with E-state index in [0.717, 1.165) is 39.1 Å². The molecule has 0 N–H and O–H groups in total. The average molecular weight is 493 g/mol. The van der Waals surface area contributed by atoms with E-state index in [1.165, 1.54) is 4.31 Å². The van der Waals surface area contributed by atoms with Crippen LogP contribution in [0.4, 0.5) is 5.69 Å². The molecule has 2 atom stereocenters. The fourth-order valence-corrected chi connectivity index (χ4v) is 6.58. The minimum atomic E-state index is -3.55. The molecule has 9 nitrogen and oxygen atoms in total. The first-order valence-corrected chi connectivity index (χ1v) is 13.8. The maximum Gasteiger partial charge on any atom is 0.243 e. The summed E-state index contributed by atoms with van der Waals surface area (Å²) in [5.74, 6) is -0.431. The summed E-state index contributed by atoms with van der Waals surface area (Å²) < 4.78 is 32.6. The molecule has 0 bridgehead atoms. The van der Waals surface area contributed by atoms with Crippen LogP contribution >= 0.6 is 0 Å². The Kier molecular flexibility index (Phi) is 7.91. The van der Waals surface area contributed by atoms with Crippen molar-refractivity contribution in [2.24, 2.45) is 5.92 Å². The summed E-state index contributed by atoms with van der Waals surface area (Å²) in [6, 6.07) is 6.40. The molecule has 0 aliphatic carbocycles. The van der Waals surface area contributed by atoms with Crippen LogP contribution in [0.3, 0.4) is 0 Å². The monoisotopic (exact) mass is 492 g/mol. The summed E-state index contributed by atoms with van der Waals surface area (Å²) in [6.07, 6.45) is 2.75. The zero-order valence-corrected chi connectivity index (χ0v) is 21.0. The van der Waals surface area contributed by atoms with Crippen LogP contribution in [-0.2, 0) is 24.3 Å². The summed E-state index contributed by atoms with van der Waals surface area (Å²) in [5.41, 5.74) is 0.625. The van der Waals surface area contributed by atoms with Gasteiger partial charge in [-0.05, 0) is 37.1 Å². The van der Waals surface area contributed by atoms with Crippen molar-refractivity contribution < 1.29 is 22.7 Å². The van der Waals surface area contributed by atoms with Crippen molar-refractivity contribution in [2.45, 2.75) is 44.1 Å². The number of carbonyl (C=O) groups is 2. The lowest BCUT2D eigenvalue weighted by Gasteiger charge is -2.36. The molecule has 188 valence electrons. The van der Waals surface area contributed by atoms with Crippen molar-refractivity contribution >= 4 is 27.5 Å². The number of sulfonamides is 1. The summed E-state index contributed by atoms with van der Waals surface area (Å²) >= 11 is 0. The number of nitrogens with zero attached hydrogens (tertiary/aromatic N) is 4. The molecule has 3 aliphatic heterocycles. The summed E-state index contributed by atoms with van der Waals surface area (Å²) in [7, 11) is -3.55. The summed E-state index contributed by atoms with van der Waals surface area (Å²) in [6.45, 7) is 9.53. The van der Waals surface area contributed by atoms with Crippen molar-refractivity contribution in [1.82, 2.24) is 14.1 Å². The lowest BCUT2D eigenvalue weighted by atomic mass is 10.1. The number of amides is 2. The van der Waals surface area contributed by atoms with Crippen LogP contribution < -0.4 is 4.90 Å². The van der Waals surface area contributed by atoms with Crippen LogP contribution in [0.1, 0.15) is 33.1 Å². The highest BCUT2D eigenvalue weighted by atomic mass is 32.2. The SMILES string of the molecule is CCN(CC)S(=O)(=O)c1ccc(N2C[C@@H](C(=O)N3CCN(C[C@@H]4CCCO4)CC3)CC2=O)cc1. The second-order valence-corrected chi connectivity index (χ2v) is 11.2. The molecule has 3 fully saturated rings. The first-order valence-electron chi connectivity index (χ1n) is 12.4. The number of hydrogen-bond donors (Lipinski definition) is 0. The van der Waals surface area contributed by atoms with E-state index < -0.39 is 10.0 Å². The van der Waals surface area contributed by atoms with Crippen LogP contribution in [-0.4, -0.2) is 99.4 Å². The molecule has 0 spiro atoms. The number of piperazine rings is 1. The second kappa shape index (κ2) is 10.7. The Morgan fingerprint density at radius 3 is 2.35 bits per heavy atom. The summed E-state index contributed by atoms with van der Waals surface area (Å²) in [4.78, 5) is 31.9. The normalized spacial score (nSPS) is 24.4. The van der Waals surface area contributed by atoms with E-state index in [-0.39, 0.29) is 29.0 Å². The van der Waals surface area contributed by atoms with Gasteiger partial charge in [-0.2, -0.15) is 4.31 Å². The standard InChI is InChI=1S/C24H36N4O5S/c1-3-27(4-2)34(31,32)22-9-7-20(8-10-22)28-17-19(16-23(28)29)24(30)26-13-11-25(12-14-26)18-21-6-5-15-33-21/h7-10,19,21H,3-6,11-18H2,1-2H3/t19-,21-/m0/s1. The predicted octanol–water partition coefficient (Wildman–Crippen LogP) is 1.39. The van der Waals surface area contributed by atoms with E-state index >= 15 is 0 Å². The van der Waals surface area contributed by atoms with Crippen molar-refractivity contribution in [3.8, 4) is 0 Å². The van der Waals surface area contributed by atoms with Gasteiger partial charge >= 0.3 is 0 Å². The van der Waals surface area contributed by atoms with Crippen molar-refractivity contribution in [1.29, 1.82) is 0 Å². The molecule has 3 aliphatic rings. The van der Waals surface area contributed by atoms with E-state index in [4.69, 9.17) is 4.74 Å². The van der Waals surface area contributed by atoms with Gasteiger partial charge in [-0.3, -0.25) is 14.5 Å². The lowest BCUT2D eigenvalue weighted by Crippen LogP contribution is -2.52. The predicted molar refractivity (Wildman–Crippen MR) is 129 cm³/mol. The largest absolute Gasteiger partial charge is 0.377 e. The van der Waals surface area contributed by atoms with E-state index in [1.54, 1.807) is 43.0 Å². The fourth-order valence-electron chi connectivity index (χ4n) is 5.12. The van der Waals surface area contributed by atoms with Gasteiger partial charge < -0.3 is 14.5 Å². The van der Waals surface area contributed by atoms with Gasteiger partial charge in [-0.1, -0.05) is 13.8 Å². The number of hydrogen-bond acceptors (Lipinski definition) is 6. The van der Waals surface area contributed by atoms with Crippen LogP contribution in [0, 0.1) is 5.92 Å². The Morgan fingerprint density at radius 1 is 1.09 bits per heavy atom. The van der Waals surface area contributed by atoms with Gasteiger partial charge in [-0.25, -0.2) is 8.42 Å². The van der Waals surface area contributed by atoms with E-state index in [0.29, 0.717) is 44.5 Å². The summed E-state index contributed by atoms with van der Waals surface area (Å²) in [5, 5.41) is 0. The number of anilines is 1. The molecule has 0 unspecified atom stereocenters. The zero-order chi connectivity index (χ0) is 24.3. The Hall–Kier alpha value is -2.01.